The number of fused-ring (bicyclic) bond motifs is 1. The van der Waals surface area contributed by atoms with Crippen molar-refractivity contribution in [3.05, 3.63) is 39.7 Å². The molecule has 0 spiro atoms. The molecule has 1 aromatic carbocycles. The highest BCUT2D eigenvalue weighted by molar-refractivity contribution is 7.19. The van der Waals surface area contributed by atoms with Crippen molar-refractivity contribution in [2.75, 3.05) is 13.1 Å². The summed E-state index contributed by atoms with van der Waals surface area (Å²) in [5.74, 6) is 0.826. The van der Waals surface area contributed by atoms with Crippen LogP contribution in [0.5, 0.6) is 0 Å². The largest absolute Gasteiger partial charge is 0.296 e. The van der Waals surface area contributed by atoms with Gasteiger partial charge < -0.3 is 0 Å². The lowest BCUT2D eigenvalue weighted by atomic mass is 10.1. The third-order valence-corrected chi connectivity index (χ3v) is 5.78. The smallest absolute Gasteiger partial charge is 0.273 e. The van der Waals surface area contributed by atoms with E-state index < -0.39 is 0 Å². The molecule has 0 unspecified atom stereocenters. The average Bonchev–Trinajstić information content (AvgIpc) is 3.08. The van der Waals surface area contributed by atoms with Crippen molar-refractivity contribution < 1.29 is 4.92 Å². The van der Waals surface area contributed by atoms with Crippen molar-refractivity contribution in [3.63, 3.8) is 0 Å². The van der Waals surface area contributed by atoms with Crippen LogP contribution in [0, 0.1) is 17.0 Å². The number of likely N-dealkylation sites (tertiary alicyclic amines) is 1. The van der Waals surface area contributed by atoms with Crippen molar-refractivity contribution >= 4 is 22.0 Å². The molecule has 0 amide bonds. The molecule has 0 bridgehead atoms. The monoisotopic (exact) mass is 372 g/mol. The van der Waals surface area contributed by atoms with Crippen LogP contribution in [0.2, 0.25) is 0 Å². The van der Waals surface area contributed by atoms with Crippen LogP contribution >= 0.6 is 11.3 Å². The van der Waals surface area contributed by atoms with Crippen molar-refractivity contribution in [2.45, 2.75) is 39.2 Å². The summed E-state index contributed by atoms with van der Waals surface area (Å²) in [4.78, 5) is 14.0. The molecule has 3 heterocycles. The number of nitrogens with zero attached hydrogens (tertiary/aromatic N) is 6. The Morgan fingerprint density at radius 3 is 2.69 bits per heavy atom. The van der Waals surface area contributed by atoms with E-state index in [4.69, 9.17) is 0 Å². The summed E-state index contributed by atoms with van der Waals surface area (Å²) in [5, 5.41) is 25.1. The fourth-order valence-corrected chi connectivity index (χ4v) is 4.35. The first-order valence-corrected chi connectivity index (χ1v) is 9.63. The molecule has 3 aromatic rings. The maximum absolute atomic E-state index is 11.2. The van der Waals surface area contributed by atoms with Gasteiger partial charge in [0, 0.05) is 17.2 Å². The van der Waals surface area contributed by atoms with Gasteiger partial charge in [-0.1, -0.05) is 36.3 Å². The maximum Gasteiger partial charge on any atom is 0.273 e. The molecule has 0 radical (unpaired) electrons. The zero-order chi connectivity index (χ0) is 18.1. The molecule has 136 valence electrons. The van der Waals surface area contributed by atoms with E-state index in [0.717, 1.165) is 41.0 Å². The van der Waals surface area contributed by atoms with E-state index in [1.54, 1.807) is 17.5 Å². The Labute approximate surface area is 154 Å². The van der Waals surface area contributed by atoms with Gasteiger partial charge in [-0.05, 0) is 32.9 Å². The van der Waals surface area contributed by atoms with Gasteiger partial charge in [0.15, 0.2) is 5.82 Å². The van der Waals surface area contributed by atoms with E-state index in [1.165, 1.54) is 43.1 Å². The quantitative estimate of drug-likeness (QED) is 0.515. The second kappa shape index (κ2) is 7.08. The number of nitro benzene ring substituents is 1. The Hall–Kier alpha value is -2.39. The fraction of sp³-hybridized carbons (Fsp3) is 0.471. The standard InChI is InChI=1S/C17H20N6O2S/c1-12-13(7-6-8-14(12)23(24)25)16-20-22-15(18-19-17(22)26-16)11-21-9-4-2-3-5-10-21/h6-8H,2-5,9-11H2,1H3. The predicted octanol–water partition coefficient (Wildman–Crippen LogP) is 3.45. The van der Waals surface area contributed by atoms with Crippen LogP contribution in [0.1, 0.15) is 37.1 Å². The molecule has 1 saturated heterocycles. The molecule has 0 saturated carbocycles. The van der Waals surface area contributed by atoms with E-state index in [9.17, 15) is 10.1 Å². The summed E-state index contributed by atoms with van der Waals surface area (Å²) in [6, 6.07) is 5.08. The number of hydrogen-bond donors (Lipinski definition) is 0. The molecular formula is C17H20N6O2S. The second-order valence-corrected chi connectivity index (χ2v) is 7.57. The van der Waals surface area contributed by atoms with E-state index in [2.05, 4.69) is 20.2 Å². The minimum absolute atomic E-state index is 0.109. The summed E-state index contributed by atoms with van der Waals surface area (Å²) in [6.45, 7) is 4.65. The van der Waals surface area contributed by atoms with Crippen LogP contribution in [-0.4, -0.2) is 42.7 Å². The van der Waals surface area contributed by atoms with Crippen molar-refractivity contribution in [1.82, 2.24) is 24.7 Å². The lowest BCUT2D eigenvalue weighted by molar-refractivity contribution is -0.385. The second-order valence-electron chi connectivity index (χ2n) is 6.61. The van der Waals surface area contributed by atoms with Crippen molar-refractivity contribution in [3.8, 4) is 10.6 Å². The predicted molar refractivity (Wildman–Crippen MR) is 99.2 cm³/mol. The Morgan fingerprint density at radius 2 is 1.96 bits per heavy atom. The Kier molecular flexibility index (Phi) is 4.64. The van der Waals surface area contributed by atoms with E-state index in [0.29, 0.717) is 5.56 Å². The summed E-state index contributed by atoms with van der Waals surface area (Å²) in [6.07, 6.45) is 5.02. The molecule has 0 atom stereocenters. The number of aromatic nitrogens is 4. The number of benzene rings is 1. The van der Waals surface area contributed by atoms with E-state index in [-0.39, 0.29) is 10.6 Å². The number of nitro groups is 1. The molecule has 1 fully saturated rings. The lowest BCUT2D eigenvalue weighted by Gasteiger charge is -2.17. The van der Waals surface area contributed by atoms with Gasteiger partial charge in [-0.25, -0.2) is 0 Å². The molecule has 0 N–H and O–H groups in total. The fourth-order valence-electron chi connectivity index (χ4n) is 3.41. The third kappa shape index (κ3) is 3.19. The molecule has 26 heavy (non-hydrogen) atoms. The summed E-state index contributed by atoms with van der Waals surface area (Å²) >= 11 is 1.41. The molecular weight excluding hydrogens is 352 g/mol. The van der Waals surface area contributed by atoms with Gasteiger partial charge >= 0.3 is 0 Å². The SMILES string of the molecule is Cc1c(-c2nn3c(CN4CCCCCC4)nnc3s2)cccc1[N+](=O)[O-]. The highest BCUT2D eigenvalue weighted by Crippen LogP contribution is 2.32. The normalized spacial score (nSPS) is 16.0. The molecule has 1 aliphatic heterocycles. The first kappa shape index (κ1) is 17.0. The van der Waals surface area contributed by atoms with Crippen LogP contribution in [0.15, 0.2) is 18.2 Å². The van der Waals surface area contributed by atoms with E-state index in [1.807, 2.05) is 6.07 Å². The Bertz CT molecular complexity index is 942. The third-order valence-electron chi connectivity index (χ3n) is 4.85. The van der Waals surface area contributed by atoms with Crippen LogP contribution in [0.25, 0.3) is 15.5 Å². The first-order chi connectivity index (χ1) is 12.6. The molecule has 0 aliphatic carbocycles. The zero-order valence-corrected chi connectivity index (χ0v) is 15.4. The van der Waals surface area contributed by atoms with Gasteiger partial charge in [0.05, 0.1) is 11.5 Å². The first-order valence-electron chi connectivity index (χ1n) is 8.81. The minimum Gasteiger partial charge on any atom is -0.296 e. The Balaban J connectivity index is 1.66. The average molecular weight is 372 g/mol. The van der Waals surface area contributed by atoms with Crippen LogP contribution in [0.3, 0.4) is 0 Å². The zero-order valence-electron chi connectivity index (χ0n) is 14.6. The van der Waals surface area contributed by atoms with Crippen molar-refractivity contribution in [2.24, 2.45) is 0 Å². The summed E-state index contributed by atoms with van der Waals surface area (Å²) in [7, 11) is 0. The molecule has 8 nitrogen and oxygen atoms in total. The minimum atomic E-state index is -0.357. The highest BCUT2D eigenvalue weighted by atomic mass is 32.1. The van der Waals surface area contributed by atoms with Gasteiger partial charge in [-0.3, -0.25) is 15.0 Å². The molecule has 2 aromatic heterocycles. The maximum atomic E-state index is 11.2. The molecule has 4 rings (SSSR count). The summed E-state index contributed by atoms with van der Waals surface area (Å²) in [5.41, 5.74) is 1.50. The molecule has 9 heteroatoms. The number of rotatable bonds is 4. The summed E-state index contributed by atoms with van der Waals surface area (Å²) < 4.78 is 1.78. The lowest BCUT2D eigenvalue weighted by Crippen LogP contribution is -2.25. The highest BCUT2D eigenvalue weighted by Gasteiger charge is 2.20. The van der Waals surface area contributed by atoms with Gasteiger partial charge in [-0.15, -0.1) is 10.2 Å². The van der Waals surface area contributed by atoms with Crippen LogP contribution in [0.4, 0.5) is 5.69 Å². The van der Waals surface area contributed by atoms with Gasteiger partial charge in [0.1, 0.15) is 5.01 Å². The van der Waals surface area contributed by atoms with Gasteiger partial charge in [-0.2, -0.15) is 9.61 Å². The van der Waals surface area contributed by atoms with Gasteiger partial charge in [0.2, 0.25) is 4.96 Å². The van der Waals surface area contributed by atoms with Crippen LogP contribution in [-0.2, 0) is 6.54 Å². The van der Waals surface area contributed by atoms with Gasteiger partial charge in [0.25, 0.3) is 5.69 Å². The Morgan fingerprint density at radius 1 is 1.19 bits per heavy atom. The molecule has 1 aliphatic rings. The van der Waals surface area contributed by atoms with Crippen LogP contribution < -0.4 is 0 Å². The van der Waals surface area contributed by atoms with E-state index >= 15 is 0 Å². The number of hydrogen-bond acceptors (Lipinski definition) is 7. The topological polar surface area (TPSA) is 89.5 Å². The van der Waals surface area contributed by atoms with Crippen molar-refractivity contribution in [1.29, 1.82) is 0 Å².